The summed E-state index contributed by atoms with van der Waals surface area (Å²) in [6.45, 7) is 4.60. The number of halogens is 1. The molecule has 1 aromatic carbocycles. The molecule has 0 aliphatic heterocycles. The van der Waals surface area contributed by atoms with Crippen molar-refractivity contribution in [3.8, 4) is 5.75 Å². The van der Waals surface area contributed by atoms with Crippen molar-refractivity contribution in [1.29, 1.82) is 0 Å². The molecule has 0 unspecified atom stereocenters. The van der Waals surface area contributed by atoms with Crippen LogP contribution in [0.15, 0.2) is 18.2 Å². The van der Waals surface area contributed by atoms with Crippen molar-refractivity contribution in [3.05, 3.63) is 23.2 Å². The minimum absolute atomic E-state index is 0.196. The van der Waals surface area contributed by atoms with Gasteiger partial charge in [0.05, 0.1) is 12.1 Å². The van der Waals surface area contributed by atoms with E-state index < -0.39 is 5.41 Å². The molecular weight excluding hydrogens is 304 g/mol. The van der Waals surface area contributed by atoms with Gasteiger partial charge >= 0.3 is 0 Å². The van der Waals surface area contributed by atoms with Crippen molar-refractivity contribution in [2.45, 2.75) is 26.7 Å². The maximum atomic E-state index is 12.4. The molecule has 1 saturated carbocycles. The third-order valence-corrected chi connectivity index (χ3v) is 4.00. The van der Waals surface area contributed by atoms with E-state index in [0.717, 1.165) is 0 Å². The molecule has 0 radical (unpaired) electrons. The Morgan fingerprint density at radius 1 is 1.32 bits per heavy atom. The highest BCUT2D eigenvalue weighted by atomic mass is 35.5. The van der Waals surface area contributed by atoms with E-state index in [9.17, 15) is 9.59 Å². The molecule has 0 saturated heterocycles. The maximum Gasteiger partial charge on any atom is 0.240 e. The lowest BCUT2D eigenvalue weighted by Crippen LogP contribution is -2.41. The molecule has 2 N–H and O–H groups in total. The number of rotatable bonds is 6. The maximum absolute atomic E-state index is 12.4. The lowest BCUT2D eigenvalue weighted by molar-refractivity contribution is -0.134. The third kappa shape index (κ3) is 3.53. The summed E-state index contributed by atoms with van der Waals surface area (Å²) in [4.78, 5) is 24.6. The van der Waals surface area contributed by atoms with Gasteiger partial charge in [-0.1, -0.05) is 25.4 Å². The average Bonchev–Trinajstić information content (AvgIpc) is 3.26. The fourth-order valence-electron chi connectivity index (χ4n) is 2.14. The van der Waals surface area contributed by atoms with Crippen molar-refractivity contribution in [2.75, 3.05) is 19.0 Å². The predicted octanol–water partition coefficient (Wildman–Crippen LogP) is 2.84. The topological polar surface area (TPSA) is 67.4 Å². The van der Waals surface area contributed by atoms with Crippen LogP contribution < -0.4 is 15.4 Å². The van der Waals surface area contributed by atoms with Crippen molar-refractivity contribution >= 4 is 29.1 Å². The molecule has 0 atom stereocenters. The SMILES string of the molecule is COc1ccc(NC(=O)C2(C(=O)NCC(C)C)CC2)cc1Cl. The van der Waals surface area contributed by atoms with Crippen LogP contribution in [0.3, 0.4) is 0 Å². The van der Waals surface area contributed by atoms with E-state index in [4.69, 9.17) is 16.3 Å². The summed E-state index contributed by atoms with van der Waals surface area (Å²) in [5.41, 5.74) is -0.375. The first-order chi connectivity index (χ1) is 10.4. The van der Waals surface area contributed by atoms with E-state index in [-0.39, 0.29) is 11.8 Å². The summed E-state index contributed by atoms with van der Waals surface area (Å²) in [6.07, 6.45) is 1.15. The Morgan fingerprint density at radius 3 is 2.50 bits per heavy atom. The van der Waals surface area contributed by atoms with Gasteiger partial charge in [0.25, 0.3) is 0 Å². The van der Waals surface area contributed by atoms with Crippen molar-refractivity contribution in [1.82, 2.24) is 5.32 Å². The van der Waals surface area contributed by atoms with E-state index in [0.29, 0.717) is 41.8 Å². The number of ether oxygens (including phenoxy) is 1. The summed E-state index contributed by atoms with van der Waals surface area (Å²) in [5, 5.41) is 6.01. The zero-order valence-corrected chi connectivity index (χ0v) is 13.8. The lowest BCUT2D eigenvalue weighted by Gasteiger charge is -2.16. The number of carbonyl (C=O) groups excluding carboxylic acids is 2. The van der Waals surface area contributed by atoms with Crippen molar-refractivity contribution in [3.63, 3.8) is 0 Å². The van der Waals surface area contributed by atoms with Gasteiger partial charge < -0.3 is 15.4 Å². The van der Waals surface area contributed by atoms with Gasteiger partial charge in [-0.15, -0.1) is 0 Å². The molecular formula is C16H21ClN2O3. The van der Waals surface area contributed by atoms with Gasteiger partial charge in [-0.3, -0.25) is 9.59 Å². The Hall–Kier alpha value is -1.75. The summed E-state index contributed by atoms with van der Waals surface area (Å²) in [5.74, 6) is 0.409. The van der Waals surface area contributed by atoms with Crippen LogP contribution in [0.4, 0.5) is 5.69 Å². The molecule has 2 amide bonds. The molecule has 5 nitrogen and oxygen atoms in total. The van der Waals surface area contributed by atoms with Gasteiger partial charge in [0.2, 0.25) is 11.8 Å². The number of carbonyl (C=O) groups is 2. The second-order valence-corrected chi connectivity index (χ2v) is 6.40. The largest absolute Gasteiger partial charge is 0.495 e. The first-order valence-electron chi connectivity index (χ1n) is 7.32. The lowest BCUT2D eigenvalue weighted by atomic mass is 10.0. The van der Waals surface area contributed by atoms with Crippen LogP contribution in [0, 0.1) is 11.3 Å². The van der Waals surface area contributed by atoms with Crippen LogP contribution in [-0.2, 0) is 9.59 Å². The Kier molecular flexibility index (Phi) is 4.96. The van der Waals surface area contributed by atoms with Gasteiger partial charge in [-0.2, -0.15) is 0 Å². The normalized spacial score (nSPS) is 15.3. The van der Waals surface area contributed by atoms with Crippen LogP contribution >= 0.6 is 11.6 Å². The van der Waals surface area contributed by atoms with Crippen molar-refractivity contribution in [2.24, 2.45) is 11.3 Å². The molecule has 0 heterocycles. The zero-order valence-electron chi connectivity index (χ0n) is 13.0. The number of methoxy groups -OCH3 is 1. The third-order valence-electron chi connectivity index (χ3n) is 3.70. The smallest absolute Gasteiger partial charge is 0.240 e. The number of hydrogen-bond acceptors (Lipinski definition) is 3. The van der Waals surface area contributed by atoms with Gasteiger partial charge in [0.15, 0.2) is 0 Å². The van der Waals surface area contributed by atoms with Gasteiger partial charge in [-0.25, -0.2) is 0 Å². The van der Waals surface area contributed by atoms with Gasteiger partial charge in [0.1, 0.15) is 11.2 Å². The molecule has 0 aromatic heterocycles. The summed E-state index contributed by atoms with van der Waals surface area (Å²) in [6, 6.07) is 4.99. The van der Waals surface area contributed by atoms with Crippen LogP contribution in [0.5, 0.6) is 5.75 Å². The first-order valence-corrected chi connectivity index (χ1v) is 7.70. The van der Waals surface area contributed by atoms with Crippen molar-refractivity contribution < 1.29 is 14.3 Å². The molecule has 1 aliphatic carbocycles. The molecule has 2 rings (SSSR count). The Labute approximate surface area is 135 Å². The summed E-state index contributed by atoms with van der Waals surface area (Å²) >= 11 is 6.03. The second-order valence-electron chi connectivity index (χ2n) is 5.99. The number of amides is 2. The fourth-order valence-corrected chi connectivity index (χ4v) is 2.40. The van der Waals surface area contributed by atoms with Crippen LogP contribution in [0.25, 0.3) is 0 Å². The molecule has 1 aromatic rings. The van der Waals surface area contributed by atoms with Gasteiger partial charge in [0, 0.05) is 12.2 Å². The summed E-state index contributed by atoms with van der Waals surface area (Å²) < 4.78 is 5.07. The fraction of sp³-hybridized carbons (Fsp3) is 0.500. The monoisotopic (exact) mass is 324 g/mol. The van der Waals surface area contributed by atoms with E-state index in [1.807, 2.05) is 13.8 Å². The number of hydrogen-bond donors (Lipinski definition) is 2. The summed E-state index contributed by atoms with van der Waals surface area (Å²) in [7, 11) is 1.53. The number of anilines is 1. The minimum Gasteiger partial charge on any atom is -0.495 e. The molecule has 0 spiro atoms. The van der Waals surface area contributed by atoms with Crippen LogP contribution in [0.2, 0.25) is 5.02 Å². The molecule has 1 aliphatic rings. The highest BCUT2D eigenvalue weighted by Crippen LogP contribution is 2.47. The Balaban J connectivity index is 2.02. The Morgan fingerprint density at radius 2 is 2.00 bits per heavy atom. The molecule has 120 valence electrons. The van der Waals surface area contributed by atoms with Crippen LogP contribution in [-0.4, -0.2) is 25.5 Å². The minimum atomic E-state index is -0.929. The average molecular weight is 325 g/mol. The van der Waals surface area contributed by atoms with E-state index in [2.05, 4.69) is 10.6 Å². The molecule has 0 bridgehead atoms. The first kappa shape index (κ1) is 16.6. The van der Waals surface area contributed by atoms with Gasteiger partial charge in [-0.05, 0) is 37.0 Å². The standard InChI is InChI=1S/C16H21ClN2O3/c1-10(2)9-18-14(20)16(6-7-16)15(21)19-11-4-5-13(22-3)12(17)8-11/h4-5,8,10H,6-7,9H2,1-3H3,(H,18,20)(H,19,21). The van der Waals surface area contributed by atoms with E-state index in [1.165, 1.54) is 7.11 Å². The second kappa shape index (κ2) is 6.57. The molecule has 6 heteroatoms. The van der Waals surface area contributed by atoms with E-state index >= 15 is 0 Å². The quantitative estimate of drug-likeness (QED) is 0.791. The number of benzene rings is 1. The predicted molar refractivity (Wildman–Crippen MR) is 86.1 cm³/mol. The highest BCUT2D eigenvalue weighted by molar-refractivity contribution is 6.32. The van der Waals surface area contributed by atoms with E-state index in [1.54, 1.807) is 18.2 Å². The Bertz CT molecular complexity index is 583. The molecule has 1 fully saturated rings. The number of nitrogens with one attached hydrogen (secondary N) is 2. The van der Waals surface area contributed by atoms with Crippen LogP contribution in [0.1, 0.15) is 26.7 Å². The zero-order chi connectivity index (χ0) is 16.3. The molecule has 22 heavy (non-hydrogen) atoms. The highest BCUT2D eigenvalue weighted by Gasteiger charge is 2.56.